The van der Waals surface area contributed by atoms with E-state index in [2.05, 4.69) is 5.32 Å². The third-order valence-corrected chi connectivity index (χ3v) is 3.40. The van der Waals surface area contributed by atoms with Gasteiger partial charge >= 0.3 is 6.18 Å². The molecule has 0 aliphatic heterocycles. The summed E-state index contributed by atoms with van der Waals surface area (Å²) in [5.41, 5.74) is 0.0116. The van der Waals surface area contributed by atoms with Crippen molar-refractivity contribution in [2.24, 2.45) is 5.92 Å². The van der Waals surface area contributed by atoms with Crippen molar-refractivity contribution in [3.63, 3.8) is 0 Å². The van der Waals surface area contributed by atoms with E-state index in [0.29, 0.717) is 31.2 Å². The Balaban J connectivity index is 2.02. The average Bonchev–Trinajstić information content (AvgIpc) is 3.21. The summed E-state index contributed by atoms with van der Waals surface area (Å²) >= 11 is 0. The van der Waals surface area contributed by atoms with Gasteiger partial charge in [-0.25, -0.2) is 0 Å². The first-order chi connectivity index (χ1) is 9.50. The quantitative estimate of drug-likeness (QED) is 0.824. The maximum absolute atomic E-state index is 12.7. The van der Waals surface area contributed by atoms with Crippen molar-refractivity contribution in [3.8, 4) is 0 Å². The number of halogens is 3. The van der Waals surface area contributed by atoms with E-state index in [1.54, 1.807) is 6.07 Å². The van der Waals surface area contributed by atoms with E-state index in [-0.39, 0.29) is 6.04 Å². The van der Waals surface area contributed by atoms with E-state index in [4.69, 9.17) is 4.74 Å². The maximum atomic E-state index is 12.7. The molecule has 2 nitrogen and oxygen atoms in total. The topological polar surface area (TPSA) is 21.3 Å². The van der Waals surface area contributed by atoms with Crippen LogP contribution in [0.4, 0.5) is 13.2 Å². The SMILES string of the molecule is CCNC(COCC1CC1)c1cccc(C(F)(F)F)c1. The summed E-state index contributed by atoms with van der Waals surface area (Å²) in [6.07, 6.45) is -1.90. The highest BCUT2D eigenvalue weighted by molar-refractivity contribution is 5.28. The molecule has 0 aromatic heterocycles. The molecule has 0 heterocycles. The number of likely N-dealkylation sites (N-methyl/N-ethyl adjacent to an activating group) is 1. The summed E-state index contributed by atoms with van der Waals surface area (Å²) in [5, 5.41) is 3.18. The lowest BCUT2D eigenvalue weighted by atomic mass is 10.0. The predicted octanol–water partition coefficient (Wildman–Crippen LogP) is 3.78. The van der Waals surface area contributed by atoms with Gasteiger partial charge in [-0.1, -0.05) is 19.1 Å². The first-order valence-corrected chi connectivity index (χ1v) is 6.99. The number of hydrogen-bond acceptors (Lipinski definition) is 2. The van der Waals surface area contributed by atoms with Gasteiger partial charge in [0.1, 0.15) is 0 Å². The van der Waals surface area contributed by atoms with E-state index in [1.165, 1.54) is 25.0 Å². The standard InChI is InChI=1S/C15H20F3NO/c1-2-19-14(10-20-9-11-6-7-11)12-4-3-5-13(8-12)15(16,17)18/h3-5,8,11,14,19H,2,6-7,9-10H2,1H3. The highest BCUT2D eigenvalue weighted by atomic mass is 19.4. The zero-order valence-corrected chi connectivity index (χ0v) is 11.5. The number of benzene rings is 1. The first kappa shape index (κ1) is 15.3. The minimum absolute atomic E-state index is 0.193. The largest absolute Gasteiger partial charge is 0.416 e. The van der Waals surface area contributed by atoms with E-state index in [9.17, 15) is 13.2 Å². The summed E-state index contributed by atoms with van der Waals surface area (Å²) in [6, 6.07) is 5.26. The van der Waals surface area contributed by atoms with E-state index >= 15 is 0 Å². The third-order valence-electron chi connectivity index (χ3n) is 3.40. The highest BCUT2D eigenvalue weighted by Gasteiger charge is 2.31. The fourth-order valence-corrected chi connectivity index (χ4v) is 2.09. The van der Waals surface area contributed by atoms with Crippen LogP contribution in [-0.4, -0.2) is 19.8 Å². The van der Waals surface area contributed by atoms with Crippen LogP contribution in [0.5, 0.6) is 0 Å². The lowest BCUT2D eigenvalue weighted by molar-refractivity contribution is -0.137. The molecule has 1 aliphatic rings. The van der Waals surface area contributed by atoms with E-state index < -0.39 is 11.7 Å². The van der Waals surface area contributed by atoms with Gasteiger partial charge in [0.05, 0.1) is 18.2 Å². The Morgan fingerprint density at radius 3 is 2.70 bits per heavy atom. The van der Waals surface area contributed by atoms with Crippen molar-refractivity contribution < 1.29 is 17.9 Å². The molecule has 1 saturated carbocycles. The zero-order chi connectivity index (χ0) is 14.6. The Morgan fingerprint density at radius 1 is 1.35 bits per heavy atom. The molecule has 112 valence electrons. The molecule has 1 atom stereocenters. The lowest BCUT2D eigenvalue weighted by Gasteiger charge is -2.19. The minimum atomic E-state index is -4.30. The van der Waals surface area contributed by atoms with Gasteiger partial charge in [-0.2, -0.15) is 13.2 Å². The molecule has 0 bridgehead atoms. The molecule has 20 heavy (non-hydrogen) atoms. The molecule has 1 aliphatic carbocycles. The Morgan fingerprint density at radius 2 is 2.10 bits per heavy atom. The van der Waals surface area contributed by atoms with Gasteiger partial charge in [-0.05, 0) is 43.0 Å². The molecular weight excluding hydrogens is 267 g/mol. The van der Waals surface area contributed by atoms with Gasteiger partial charge in [0.25, 0.3) is 0 Å². The summed E-state index contributed by atoms with van der Waals surface area (Å²) in [4.78, 5) is 0. The van der Waals surface area contributed by atoms with Crippen LogP contribution in [0.3, 0.4) is 0 Å². The minimum Gasteiger partial charge on any atom is -0.379 e. The summed E-state index contributed by atoms with van der Waals surface area (Å²) in [5.74, 6) is 0.652. The number of nitrogens with one attached hydrogen (secondary N) is 1. The molecule has 5 heteroatoms. The highest BCUT2D eigenvalue weighted by Crippen LogP contribution is 2.31. The fourth-order valence-electron chi connectivity index (χ4n) is 2.09. The second kappa shape index (κ2) is 6.59. The van der Waals surface area contributed by atoms with Crippen molar-refractivity contribution in [1.29, 1.82) is 0 Å². The van der Waals surface area contributed by atoms with Gasteiger partial charge in [-0.3, -0.25) is 0 Å². The molecular formula is C15H20F3NO. The van der Waals surface area contributed by atoms with E-state index in [0.717, 1.165) is 6.07 Å². The number of alkyl halides is 3. The molecule has 1 aromatic carbocycles. The number of hydrogen-bond donors (Lipinski definition) is 1. The molecule has 1 fully saturated rings. The molecule has 0 saturated heterocycles. The lowest BCUT2D eigenvalue weighted by Crippen LogP contribution is -2.26. The fraction of sp³-hybridized carbons (Fsp3) is 0.600. The van der Waals surface area contributed by atoms with Crippen LogP contribution in [0.15, 0.2) is 24.3 Å². The van der Waals surface area contributed by atoms with Crippen molar-refractivity contribution >= 4 is 0 Å². The van der Waals surface area contributed by atoms with Crippen molar-refractivity contribution in [2.45, 2.75) is 32.0 Å². The van der Waals surface area contributed by atoms with E-state index in [1.807, 2.05) is 6.92 Å². The molecule has 1 N–H and O–H groups in total. The molecule has 0 spiro atoms. The summed E-state index contributed by atoms with van der Waals surface area (Å²) in [7, 11) is 0. The molecule has 0 radical (unpaired) electrons. The normalized spacial score (nSPS) is 17.2. The second-order valence-corrected chi connectivity index (χ2v) is 5.21. The Bertz CT molecular complexity index is 429. The van der Waals surface area contributed by atoms with Crippen LogP contribution >= 0.6 is 0 Å². The van der Waals surface area contributed by atoms with Crippen molar-refractivity contribution in [3.05, 3.63) is 35.4 Å². The van der Waals surface area contributed by atoms with Crippen molar-refractivity contribution in [1.82, 2.24) is 5.32 Å². The van der Waals surface area contributed by atoms with Crippen LogP contribution in [-0.2, 0) is 10.9 Å². The Labute approximate surface area is 117 Å². The molecule has 1 unspecified atom stereocenters. The molecule has 0 amide bonds. The smallest absolute Gasteiger partial charge is 0.379 e. The van der Waals surface area contributed by atoms with Crippen molar-refractivity contribution in [2.75, 3.05) is 19.8 Å². The van der Waals surface area contributed by atoms with Gasteiger partial charge in [0.2, 0.25) is 0 Å². The number of ether oxygens (including phenoxy) is 1. The summed E-state index contributed by atoms with van der Waals surface area (Å²) < 4.78 is 43.8. The van der Waals surface area contributed by atoms with Crippen LogP contribution in [0, 0.1) is 5.92 Å². The van der Waals surface area contributed by atoms with Crippen LogP contribution in [0.25, 0.3) is 0 Å². The average molecular weight is 287 g/mol. The predicted molar refractivity (Wildman–Crippen MR) is 71.4 cm³/mol. The molecule has 2 rings (SSSR count). The van der Waals surface area contributed by atoms with Crippen LogP contribution in [0.1, 0.15) is 36.9 Å². The van der Waals surface area contributed by atoms with Gasteiger partial charge < -0.3 is 10.1 Å². The maximum Gasteiger partial charge on any atom is 0.416 e. The first-order valence-electron chi connectivity index (χ1n) is 6.99. The van der Waals surface area contributed by atoms with Gasteiger partial charge in [0, 0.05) is 6.61 Å². The zero-order valence-electron chi connectivity index (χ0n) is 11.5. The molecule has 1 aromatic rings. The van der Waals surface area contributed by atoms with Gasteiger partial charge in [-0.15, -0.1) is 0 Å². The second-order valence-electron chi connectivity index (χ2n) is 5.21. The summed E-state index contributed by atoms with van der Waals surface area (Å²) in [6.45, 7) is 3.74. The third kappa shape index (κ3) is 4.49. The van der Waals surface area contributed by atoms with Crippen LogP contribution < -0.4 is 5.32 Å². The Kier molecular flexibility index (Phi) is 5.05. The number of rotatable bonds is 7. The van der Waals surface area contributed by atoms with Crippen LogP contribution in [0.2, 0.25) is 0 Å². The Hall–Kier alpha value is -1.07. The monoisotopic (exact) mass is 287 g/mol. The van der Waals surface area contributed by atoms with Gasteiger partial charge in [0.15, 0.2) is 0 Å².